The minimum atomic E-state index is -0.411. The van der Waals surface area contributed by atoms with E-state index in [1.807, 2.05) is 6.92 Å². The second kappa shape index (κ2) is 6.30. The van der Waals surface area contributed by atoms with Gasteiger partial charge in [-0.2, -0.15) is 0 Å². The molecule has 0 amide bonds. The van der Waals surface area contributed by atoms with Gasteiger partial charge in [0.2, 0.25) is 0 Å². The average molecular weight is 237 g/mol. The number of likely N-dealkylation sites (N-methyl/N-ethyl adjacent to an activating group) is 1. The van der Waals surface area contributed by atoms with E-state index in [0.717, 1.165) is 30.6 Å². The van der Waals surface area contributed by atoms with Gasteiger partial charge in [-0.3, -0.25) is 15.1 Å². The first kappa shape index (κ1) is 13.6. The van der Waals surface area contributed by atoms with Gasteiger partial charge in [0.1, 0.15) is 6.20 Å². The van der Waals surface area contributed by atoms with Gasteiger partial charge < -0.3 is 5.32 Å². The van der Waals surface area contributed by atoms with Gasteiger partial charge in [0.25, 0.3) is 5.69 Å². The predicted molar refractivity (Wildman–Crippen MR) is 67.1 cm³/mol. The number of pyridine rings is 1. The highest BCUT2D eigenvalue weighted by atomic mass is 16.6. The van der Waals surface area contributed by atoms with Crippen LogP contribution >= 0.6 is 0 Å². The first-order valence-corrected chi connectivity index (χ1v) is 5.91. The van der Waals surface area contributed by atoms with E-state index < -0.39 is 4.92 Å². The Balaban J connectivity index is 2.81. The van der Waals surface area contributed by atoms with Crippen molar-refractivity contribution in [2.24, 2.45) is 0 Å². The van der Waals surface area contributed by atoms with Crippen LogP contribution in [-0.2, 0) is 6.42 Å². The second-order valence-corrected chi connectivity index (χ2v) is 4.08. The maximum absolute atomic E-state index is 10.6. The summed E-state index contributed by atoms with van der Waals surface area (Å²) in [5.41, 5.74) is 1.88. The number of aromatic nitrogens is 1. The number of nitro groups is 1. The molecule has 5 nitrogen and oxygen atoms in total. The van der Waals surface area contributed by atoms with E-state index in [0.29, 0.717) is 6.04 Å². The molecule has 17 heavy (non-hydrogen) atoms. The lowest BCUT2D eigenvalue weighted by Gasteiger charge is -2.16. The summed E-state index contributed by atoms with van der Waals surface area (Å²) in [6.45, 7) is 6.98. The van der Waals surface area contributed by atoms with Crippen LogP contribution in [0.5, 0.6) is 0 Å². The molecule has 1 unspecified atom stereocenters. The fraction of sp³-hybridized carbons (Fsp3) is 0.583. The number of nitrogens with one attached hydrogen (secondary N) is 1. The van der Waals surface area contributed by atoms with E-state index >= 15 is 0 Å². The normalized spacial score (nSPS) is 12.4. The number of nitrogens with zero attached hydrogens (tertiary/aromatic N) is 2. The molecular formula is C12H19N3O2. The van der Waals surface area contributed by atoms with E-state index in [2.05, 4.69) is 24.1 Å². The van der Waals surface area contributed by atoms with Gasteiger partial charge in [0.05, 0.1) is 4.92 Å². The zero-order chi connectivity index (χ0) is 12.8. The maximum atomic E-state index is 10.6. The number of hydrogen-bond acceptors (Lipinski definition) is 4. The molecular weight excluding hydrogens is 218 g/mol. The summed E-state index contributed by atoms with van der Waals surface area (Å²) in [5, 5.41) is 14.0. The smallest absolute Gasteiger partial charge is 0.287 e. The summed E-state index contributed by atoms with van der Waals surface area (Å²) in [4.78, 5) is 14.4. The Bertz CT molecular complexity index is 393. The van der Waals surface area contributed by atoms with Crippen LogP contribution in [0.25, 0.3) is 0 Å². The van der Waals surface area contributed by atoms with Crippen molar-refractivity contribution >= 4 is 5.69 Å². The van der Waals surface area contributed by atoms with Crippen LogP contribution < -0.4 is 5.32 Å². The van der Waals surface area contributed by atoms with Crippen molar-refractivity contribution in [1.82, 2.24) is 10.3 Å². The van der Waals surface area contributed by atoms with Gasteiger partial charge in [-0.15, -0.1) is 0 Å². The Labute approximate surface area is 101 Å². The number of aryl methyl sites for hydroxylation is 1. The van der Waals surface area contributed by atoms with E-state index in [4.69, 9.17) is 0 Å². The molecule has 94 valence electrons. The summed E-state index contributed by atoms with van der Waals surface area (Å²) in [6, 6.07) is 1.97. The molecule has 0 aliphatic carbocycles. The lowest BCUT2D eigenvalue weighted by atomic mass is 10.0. The summed E-state index contributed by atoms with van der Waals surface area (Å²) < 4.78 is 0. The van der Waals surface area contributed by atoms with Gasteiger partial charge in [0, 0.05) is 24.2 Å². The zero-order valence-electron chi connectivity index (χ0n) is 10.6. The molecule has 0 fully saturated rings. The van der Waals surface area contributed by atoms with Crippen LogP contribution in [0.3, 0.4) is 0 Å². The van der Waals surface area contributed by atoms with Crippen molar-refractivity contribution in [2.75, 3.05) is 6.54 Å². The summed E-state index contributed by atoms with van der Waals surface area (Å²) >= 11 is 0. The minimum absolute atomic E-state index is 0.0581. The van der Waals surface area contributed by atoms with E-state index in [-0.39, 0.29) is 5.69 Å². The Kier molecular flexibility index (Phi) is 5.03. The SMILES string of the molecule is CCNC(CC)Cc1ncc([N+](=O)[O-])cc1C. The Morgan fingerprint density at radius 2 is 2.24 bits per heavy atom. The lowest BCUT2D eigenvalue weighted by molar-refractivity contribution is -0.385. The van der Waals surface area contributed by atoms with Crippen LogP contribution in [0, 0.1) is 17.0 Å². The Hall–Kier alpha value is -1.49. The third-order valence-corrected chi connectivity index (χ3v) is 2.81. The van der Waals surface area contributed by atoms with Crippen molar-refractivity contribution in [3.8, 4) is 0 Å². The molecule has 0 aliphatic rings. The van der Waals surface area contributed by atoms with Gasteiger partial charge in [-0.1, -0.05) is 13.8 Å². The molecule has 0 aromatic carbocycles. The van der Waals surface area contributed by atoms with Crippen LogP contribution in [-0.4, -0.2) is 22.5 Å². The van der Waals surface area contributed by atoms with Gasteiger partial charge >= 0.3 is 0 Å². The van der Waals surface area contributed by atoms with Crippen LogP contribution in [0.1, 0.15) is 31.5 Å². The molecule has 0 bridgehead atoms. The van der Waals surface area contributed by atoms with Crippen molar-refractivity contribution in [3.05, 3.63) is 33.6 Å². The second-order valence-electron chi connectivity index (χ2n) is 4.08. The van der Waals surface area contributed by atoms with Crippen molar-refractivity contribution in [3.63, 3.8) is 0 Å². The third kappa shape index (κ3) is 3.78. The Morgan fingerprint density at radius 1 is 1.53 bits per heavy atom. The van der Waals surface area contributed by atoms with Crippen molar-refractivity contribution in [2.45, 2.75) is 39.7 Å². The first-order valence-electron chi connectivity index (χ1n) is 5.91. The molecule has 1 aromatic heterocycles. The first-order chi connectivity index (χ1) is 8.08. The van der Waals surface area contributed by atoms with E-state index in [9.17, 15) is 10.1 Å². The van der Waals surface area contributed by atoms with Gasteiger partial charge in [-0.05, 0) is 25.5 Å². The molecule has 0 saturated heterocycles. The Morgan fingerprint density at radius 3 is 2.71 bits per heavy atom. The highest BCUT2D eigenvalue weighted by molar-refractivity contribution is 5.33. The molecule has 0 aliphatic heterocycles. The topological polar surface area (TPSA) is 68.1 Å². The summed E-state index contributed by atoms with van der Waals surface area (Å²) in [7, 11) is 0. The lowest BCUT2D eigenvalue weighted by Crippen LogP contribution is -2.30. The highest BCUT2D eigenvalue weighted by Gasteiger charge is 2.12. The van der Waals surface area contributed by atoms with Gasteiger partial charge in [-0.25, -0.2) is 0 Å². The third-order valence-electron chi connectivity index (χ3n) is 2.81. The molecule has 0 saturated carbocycles. The standard InChI is InChI=1S/C12H19N3O2/c1-4-10(13-5-2)7-12-9(3)6-11(8-14-12)15(16)17/h6,8,10,13H,4-5,7H2,1-3H3. The number of rotatable bonds is 6. The van der Waals surface area contributed by atoms with Crippen LogP contribution in [0.4, 0.5) is 5.69 Å². The zero-order valence-corrected chi connectivity index (χ0v) is 10.6. The van der Waals surface area contributed by atoms with Crippen molar-refractivity contribution in [1.29, 1.82) is 0 Å². The van der Waals surface area contributed by atoms with Crippen molar-refractivity contribution < 1.29 is 4.92 Å². The fourth-order valence-electron chi connectivity index (χ4n) is 1.78. The molecule has 0 radical (unpaired) electrons. The molecule has 1 heterocycles. The molecule has 5 heteroatoms. The summed E-state index contributed by atoms with van der Waals surface area (Å²) in [5.74, 6) is 0. The largest absolute Gasteiger partial charge is 0.314 e. The quantitative estimate of drug-likeness (QED) is 0.608. The molecule has 1 atom stereocenters. The molecule has 1 N–H and O–H groups in total. The van der Waals surface area contributed by atoms with E-state index in [1.54, 1.807) is 6.07 Å². The fourth-order valence-corrected chi connectivity index (χ4v) is 1.78. The predicted octanol–water partition coefficient (Wildman–Crippen LogP) is 2.23. The molecule has 0 spiro atoms. The minimum Gasteiger partial charge on any atom is -0.314 e. The van der Waals surface area contributed by atoms with Crippen LogP contribution in [0.2, 0.25) is 0 Å². The monoisotopic (exact) mass is 237 g/mol. The van der Waals surface area contributed by atoms with Gasteiger partial charge in [0.15, 0.2) is 0 Å². The van der Waals surface area contributed by atoms with Crippen LogP contribution in [0.15, 0.2) is 12.3 Å². The maximum Gasteiger partial charge on any atom is 0.287 e. The average Bonchev–Trinajstić information content (AvgIpc) is 2.30. The molecule has 1 aromatic rings. The molecule has 1 rings (SSSR count). The summed E-state index contributed by atoms with van der Waals surface area (Å²) in [6.07, 6.45) is 3.17. The van der Waals surface area contributed by atoms with E-state index in [1.165, 1.54) is 6.20 Å². The number of hydrogen-bond donors (Lipinski definition) is 1. The highest BCUT2D eigenvalue weighted by Crippen LogP contribution is 2.16.